The van der Waals surface area contributed by atoms with Gasteiger partial charge in [-0.25, -0.2) is 0 Å². The van der Waals surface area contributed by atoms with Gasteiger partial charge in [-0.1, -0.05) is 18.2 Å². The number of carbonyl (C=O) groups excluding carboxylic acids is 1. The molecule has 0 spiro atoms. The summed E-state index contributed by atoms with van der Waals surface area (Å²) in [5.41, 5.74) is 1.40. The largest absolute Gasteiger partial charge is 0.389 e. The number of hydrogen-bond acceptors (Lipinski definition) is 3. The lowest BCUT2D eigenvalue weighted by Gasteiger charge is -2.14. The topological polar surface area (TPSA) is 52.6 Å². The Kier molecular flexibility index (Phi) is 4.46. The van der Waals surface area contributed by atoms with Crippen LogP contribution in [0.4, 0.5) is 5.69 Å². The van der Waals surface area contributed by atoms with Crippen LogP contribution in [0, 0.1) is 0 Å². The number of rotatable bonds is 4. The minimum atomic E-state index is -0.587. The van der Waals surface area contributed by atoms with Crippen LogP contribution in [0.3, 0.4) is 0 Å². The Labute approximate surface area is 95.9 Å². The third-order valence-electron chi connectivity index (χ3n) is 2.14. The third kappa shape index (κ3) is 3.64. The van der Waals surface area contributed by atoms with Crippen molar-refractivity contribution in [2.75, 3.05) is 26.0 Å². The lowest BCUT2D eigenvalue weighted by molar-refractivity contribution is -0.116. The fourth-order valence-electron chi connectivity index (χ4n) is 1.45. The van der Waals surface area contributed by atoms with E-state index in [-0.39, 0.29) is 5.91 Å². The highest BCUT2D eigenvalue weighted by atomic mass is 16.3. The number of nitrogens with zero attached hydrogens (tertiary/aromatic N) is 1. The molecule has 1 aromatic carbocycles. The molecule has 0 heterocycles. The van der Waals surface area contributed by atoms with Crippen LogP contribution < -0.4 is 5.32 Å². The number of aliphatic hydroxyl groups is 1. The highest BCUT2D eigenvalue weighted by Gasteiger charge is 2.10. The highest BCUT2D eigenvalue weighted by Crippen LogP contribution is 2.21. The molecule has 16 heavy (non-hydrogen) atoms. The van der Waals surface area contributed by atoms with Crippen molar-refractivity contribution < 1.29 is 9.90 Å². The first-order valence-electron chi connectivity index (χ1n) is 5.22. The van der Waals surface area contributed by atoms with E-state index < -0.39 is 6.10 Å². The first-order valence-corrected chi connectivity index (χ1v) is 5.22. The summed E-state index contributed by atoms with van der Waals surface area (Å²) in [7, 11) is 3.67. The first kappa shape index (κ1) is 12.7. The maximum atomic E-state index is 11.6. The summed E-state index contributed by atoms with van der Waals surface area (Å²) in [6.07, 6.45) is -0.587. The average Bonchev–Trinajstić information content (AvgIpc) is 2.16. The van der Waals surface area contributed by atoms with Crippen LogP contribution in [0.2, 0.25) is 0 Å². The monoisotopic (exact) mass is 222 g/mol. The van der Waals surface area contributed by atoms with Crippen molar-refractivity contribution in [2.24, 2.45) is 0 Å². The molecule has 4 heteroatoms. The molecule has 0 aliphatic heterocycles. The Morgan fingerprint density at radius 2 is 2.06 bits per heavy atom. The number of likely N-dealkylation sites (N-methyl/N-ethyl adjacent to an activating group) is 1. The summed E-state index contributed by atoms with van der Waals surface area (Å²) in [4.78, 5) is 13.4. The van der Waals surface area contributed by atoms with Gasteiger partial charge < -0.3 is 15.3 Å². The molecule has 1 atom stereocenters. The van der Waals surface area contributed by atoms with Crippen LogP contribution in [0.15, 0.2) is 24.3 Å². The van der Waals surface area contributed by atoms with Crippen LogP contribution in [-0.4, -0.2) is 36.6 Å². The molecule has 0 aliphatic rings. The molecular weight excluding hydrogens is 204 g/mol. The molecule has 4 nitrogen and oxygen atoms in total. The van der Waals surface area contributed by atoms with Crippen molar-refractivity contribution in [1.29, 1.82) is 0 Å². The van der Waals surface area contributed by atoms with Gasteiger partial charge in [0.25, 0.3) is 0 Å². The zero-order chi connectivity index (χ0) is 12.1. The van der Waals surface area contributed by atoms with Crippen molar-refractivity contribution in [1.82, 2.24) is 4.90 Å². The van der Waals surface area contributed by atoms with Gasteiger partial charge in [-0.15, -0.1) is 0 Å². The lowest BCUT2D eigenvalue weighted by atomic mass is 10.1. The van der Waals surface area contributed by atoms with E-state index in [1.54, 1.807) is 24.0 Å². The molecule has 1 amide bonds. The molecule has 0 saturated heterocycles. The Morgan fingerprint density at radius 3 is 2.62 bits per heavy atom. The maximum Gasteiger partial charge on any atom is 0.238 e. The fourth-order valence-corrected chi connectivity index (χ4v) is 1.45. The molecule has 1 aromatic rings. The number of aliphatic hydroxyl groups excluding tert-OH is 1. The Balaban J connectivity index is 2.77. The van der Waals surface area contributed by atoms with Gasteiger partial charge in [0.15, 0.2) is 0 Å². The van der Waals surface area contributed by atoms with Crippen LogP contribution in [0.5, 0.6) is 0 Å². The molecule has 0 radical (unpaired) electrons. The van der Waals surface area contributed by atoms with E-state index in [1.165, 1.54) is 0 Å². The van der Waals surface area contributed by atoms with Gasteiger partial charge in [0, 0.05) is 11.3 Å². The van der Waals surface area contributed by atoms with Gasteiger partial charge in [0.05, 0.1) is 12.6 Å². The van der Waals surface area contributed by atoms with E-state index in [1.807, 2.05) is 26.2 Å². The lowest BCUT2D eigenvalue weighted by Crippen LogP contribution is -2.27. The fraction of sp³-hybridized carbons (Fsp3) is 0.417. The summed E-state index contributed by atoms with van der Waals surface area (Å²) in [5.74, 6) is -0.0851. The summed E-state index contributed by atoms with van der Waals surface area (Å²) in [6, 6.07) is 7.26. The molecule has 88 valence electrons. The maximum absolute atomic E-state index is 11.6. The van der Waals surface area contributed by atoms with E-state index in [2.05, 4.69) is 5.32 Å². The molecule has 0 saturated carbocycles. The Hall–Kier alpha value is -1.39. The first-order chi connectivity index (χ1) is 7.50. The second-order valence-corrected chi connectivity index (χ2v) is 4.05. The third-order valence-corrected chi connectivity index (χ3v) is 2.14. The van der Waals surface area contributed by atoms with Crippen molar-refractivity contribution >= 4 is 11.6 Å². The zero-order valence-corrected chi connectivity index (χ0v) is 9.90. The second-order valence-electron chi connectivity index (χ2n) is 4.05. The van der Waals surface area contributed by atoms with E-state index in [9.17, 15) is 9.90 Å². The van der Waals surface area contributed by atoms with Gasteiger partial charge in [-0.2, -0.15) is 0 Å². The predicted molar refractivity (Wildman–Crippen MR) is 64.3 cm³/mol. The summed E-state index contributed by atoms with van der Waals surface area (Å²) in [5, 5.41) is 12.3. The van der Waals surface area contributed by atoms with Gasteiger partial charge in [-0.05, 0) is 27.1 Å². The molecule has 0 bridgehead atoms. The number of para-hydroxylation sites is 1. The smallest absolute Gasteiger partial charge is 0.238 e. The van der Waals surface area contributed by atoms with Crippen molar-refractivity contribution in [2.45, 2.75) is 13.0 Å². The van der Waals surface area contributed by atoms with Crippen LogP contribution >= 0.6 is 0 Å². The number of hydrogen-bond donors (Lipinski definition) is 2. The molecule has 1 rings (SSSR count). The Bertz CT molecular complexity index is 362. The number of benzene rings is 1. The average molecular weight is 222 g/mol. The Morgan fingerprint density at radius 1 is 1.44 bits per heavy atom. The normalized spacial score (nSPS) is 12.6. The van der Waals surface area contributed by atoms with E-state index in [0.29, 0.717) is 12.2 Å². The van der Waals surface area contributed by atoms with Gasteiger partial charge >= 0.3 is 0 Å². The summed E-state index contributed by atoms with van der Waals surface area (Å²) >= 11 is 0. The van der Waals surface area contributed by atoms with Crippen LogP contribution in [0.25, 0.3) is 0 Å². The van der Waals surface area contributed by atoms with Crippen molar-refractivity contribution in [3.05, 3.63) is 29.8 Å². The number of carbonyl (C=O) groups is 1. The van der Waals surface area contributed by atoms with E-state index in [4.69, 9.17) is 0 Å². The van der Waals surface area contributed by atoms with Gasteiger partial charge in [0.2, 0.25) is 5.91 Å². The number of anilines is 1. The summed E-state index contributed by atoms with van der Waals surface area (Å²) in [6.45, 7) is 2.01. The molecule has 1 unspecified atom stereocenters. The summed E-state index contributed by atoms with van der Waals surface area (Å²) < 4.78 is 0. The number of amides is 1. The zero-order valence-electron chi connectivity index (χ0n) is 9.90. The standard InChI is InChI=1S/C12H18N2O2/c1-9(15)10-6-4-5-7-11(10)13-12(16)8-14(2)3/h4-7,9,15H,8H2,1-3H3,(H,13,16). The molecule has 0 fully saturated rings. The van der Waals surface area contributed by atoms with E-state index >= 15 is 0 Å². The predicted octanol–water partition coefficient (Wildman–Crippen LogP) is 1.24. The van der Waals surface area contributed by atoms with Crippen LogP contribution in [0.1, 0.15) is 18.6 Å². The number of nitrogens with one attached hydrogen (secondary N) is 1. The van der Waals surface area contributed by atoms with Gasteiger partial charge in [0.1, 0.15) is 0 Å². The molecular formula is C12H18N2O2. The minimum Gasteiger partial charge on any atom is -0.389 e. The highest BCUT2D eigenvalue weighted by molar-refractivity contribution is 5.93. The quantitative estimate of drug-likeness (QED) is 0.806. The molecule has 0 aliphatic carbocycles. The molecule has 2 N–H and O–H groups in total. The SMILES string of the molecule is CC(O)c1ccccc1NC(=O)CN(C)C. The minimum absolute atomic E-state index is 0.0851. The van der Waals surface area contributed by atoms with E-state index in [0.717, 1.165) is 5.56 Å². The molecule has 0 aromatic heterocycles. The van der Waals surface area contributed by atoms with Crippen molar-refractivity contribution in [3.63, 3.8) is 0 Å². The van der Waals surface area contributed by atoms with Gasteiger partial charge in [-0.3, -0.25) is 4.79 Å². The second kappa shape index (κ2) is 5.63. The van der Waals surface area contributed by atoms with Crippen molar-refractivity contribution in [3.8, 4) is 0 Å². The van der Waals surface area contributed by atoms with Crippen LogP contribution in [-0.2, 0) is 4.79 Å².